The first-order valence-corrected chi connectivity index (χ1v) is 8.94. The summed E-state index contributed by atoms with van der Waals surface area (Å²) in [5.41, 5.74) is 0.617. The maximum Gasteiger partial charge on any atom is 0.262 e. The summed E-state index contributed by atoms with van der Waals surface area (Å²) < 4.78 is 27.1. The highest BCUT2D eigenvalue weighted by Crippen LogP contribution is 2.28. The van der Waals surface area contributed by atoms with E-state index in [2.05, 4.69) is 5.32 Å². The Hall–Kier alpha value is -3.09. The molecule has 0 aromatic heterocycles. The molecular formula is C21H20F2N2O3. The van der Waals surface area contributed by atoms with Crippen LogP contribution in [0.1, 0.15) is 53.1 Å². The number of nitrogens with one attached hydrogen (secondary N) is 1. The van der Waals surface area contributed by atoms with Crippen molar-refractivity contribution in [3.8, 4) is 0 Å². The van der Waals surface area contributed by atoms with Gasteiger partial charge in [-0.25, -0.2) is 8.78 Å². The zero-order chi connectivity index (χ0) is 20.6. The van der Waals surface area contributed by atoms with Gasteiger partial charge in [-0.05, 0) is 31.0 Å². The summed E-state index contributed by atoms with van der Waals surface area (Å²) in [6.45, 7) is 4.99. The molecule has 1 aliphatic rings. The van der Waals surface area contributed by atoms with Crippen LogP contribution in [0.5, 0.6) is 0 Å². The highest BCUT2D eigenvalue weighted by Gasteiger charge is 2.44. The van der Waals surface area contributed by atoms with Crippen LogP contribution in [0.25, 0.3) is 0 Å². The van der Waals surface area contributed by atoms with Gasteiger partial charge in [-0.1, -0.05) is 32.0 Å². The number of amides is 3. The minimum atomic E-state index is -1.06. The Morgan fingerprint density at radius 1 is 0.964 bits per heavy atom. The molecule has 3 amide bonds. The number of hydrogen-bond donors (Lipinski definition) is 1. The van der Waals surface area contributed by atoms with Crippen LogP contribution in [-0.4, -0.2) is 28.7 Å². The van der Waals surface area contributed by atoms with Gasteiger partial charge in [0.25, 0.3) is 11.8 Å². The second kappa shape index (κ2) is 7.50. The average Bonchev–Trinajstić information content (AvgIpc) is 2.87. The molecule has 2 unspecified atom stereocenters. The summed E-state index contributed by atoms with van der Waals surface area (Å²) in [6.07, 6.45) is 0. The number of carbonyl (C=O) groups is 3. The van der Waals surface area contributed by atoms with Gasteiger partial charge in [0, 0.05) is 11.6 Å². The Labute approximate surface area is 161 Å². The molecule has 2 aromatic carbocycles. The van der Waals surface area contributed by atoms with Crippen molar-refractivity contribution < 1.29 is 23.2 Å². The summed E-state index contributed by atoms with van der Waals surface area (Å²) in [6, 6.07) is 7.65. The Bertz CT molecular complexity index is 923. The van der Waals surface area contributed by atoms with Crippen molar-refractivity contribution in [2.24, 2.45) is 5.92 Å². The minimum absolute atomic E-state index is 0.111. The average molecular weight is 386 g/mol. The number of hydrogen-bond acceptors (Lipinski definition) is 3. The predicted molar refractivity (Wildman–Crippen MR) is 98.5 cm³/mol. The van der Waals surface area contributed by atoms with Crippen molar-refractivity contribution in [3.05, 3.63) is 70.8 Å². The molecule has 0 spiro atoms. The number of imide groups is 1. The summed E-state index contributed by atoms with van der Waals surface area (Å²) in [5.74, 6) is -3.51. The first kappa shape index (κ1) is 19.7. The summed E-state index contributed by atoms with van der Waals surface area (Å²) >= 11 is 0. The molecule has 1 heterocycles. The maximum absolute atomic E-state index is 14.0. The molecule has 5 nitrogen and oxygen atoms in total. The molecule has 7 heteroatoms. The van der Waals surface area contributed by atoms with E-state index in [9.17, 15) is 23.2 Å². The third-order valence-electron chi connectivity index (χ3n) is 4.79. The van der Waals surface area contributed by atoms with E-state index in [0.717, 1.165) is 17.0 Å². The molecular weight excluding hydrogens is 366 g/mol. The van der Waals surface area contributed by atoms with E-state index in [1.165, 1.54) is 6.07 Å². The number of benzene rings is 2. The van der Waals surface area contributed by atoms with Gasteiger partial charge >= 0.3 is 0 Å². The van der Waals surface area contributed by atoms with Crippen LogP contribution in [0.4, 0.5) is 8.78 Å². The second-order valence-electron chi connectivity index (χ2n) is 7.11. The monoisotopic (exact) mass is 386 g/mol. The fourth-order valence-corrected chi connectivity index (χ4v) is 3.41. The maximum atomic E-state index is 14.0. The Balaban J connectivity index is 1.86. The number of rotatable bonds is 5. The molecule has 0 bridgehead atoms. The minimum Gasteiger partial charge on any atom is -0.348 e. The summed E-state index contributed by atoms with van der Waals surface area (Å²) in [5, 5.41) is 2.64. The van der Waals surface area contributed by atoms with Crippen molar-refractivity contribution >= 4 is 17.7 Å². The Kier molecular flexibility index (Phi) is 5.27. The van der Waals surface area contributed by atoms with E-state index in [1.54, 1.807) is 45.0 Å². The lowest BCUT2D eigenvalue weighted by molar-refractivity contribution is -0.127. The molecule has 1 N–H and O–H groups in total. The van der Waals surface area contributed by atoms with Crippen molar-refractivity contribution in [2.45, 2.75) is 32.9 Å². The SMILES string of the molecule is CC(NC(=O)C(C(C)C)N1C(=O)c2ccccc2C1=O)c1ccc(F)cc1F. The first-order valence-electron chi connectivity index (χ1n) is 8.94. The molecule has 146 valence electrons. The molecule has 0 saturated carbocycles. The van der Waals surface area contributed by atoms with Crippen LogP contribution in [-0.2, 0) is 4.79 Å². The van der Waals surface area contributed by atoms with E-state index >= 15 is 0 Å². The lowest BCUT2D eigenvalue weighted by atomic mass is 10.00. The van der Waals surface area contributed by atoms with Gasteiger partial charge < -0.3 is 5.32 Å². The second-order valence-corrected chi connectivity index (χ2v) is 7.11. The zero-order valence-electron chi connectivity index (χ0n) is 15.7. The number of nitrogens with zero attached hydrogens (tertiary/aromatic N) is 1. The van der Waals surface area contributed by atoms with Gasteiger partial charge in [0.1, 0.15) is 17.7 Å². The normalized spacial score (nSPS) is 15.6. The number of carbonyl (C=O) groups excluding carboxylic acids is 3. The Morgan fingerprint density at radius 3 is 2.04 bits per heavy atom. The van der Waals surface area contributed by atoms with Gasteiger partial charge in [0.2, 0.25) is 5.91 Å². The summed E-state index contributed by atoms with van der Waals surface area (Å²) in [4.78, 5) is 39.3. The van der Waals surface area contributed by atoms with Crippen LogP contribution < -0.4 is 5.32 Å². The van der Waals surface area contributed by atoms with Gasteiger partial charge in [-0.3, -0.25) is 19.3 Å². The molecule has 28 heavy (non-hydrogen) atoms. The van der Waals surface area contributed by atoms with Crippen LogP contribution in [0, 0.1) is 17.6 Å². The van der Waals surface area contributed by atoms with E-state index in [-0.39, 0.29) is 22.6 Å². The molecule has 0 fully saturated rings. The van der Waals surface area contributed by atoms with Gasteiger partial charge in [-0.2, -0.15) is 0 Å². The van der Waals surface area contributed by atoms with E-state index in [1.807, 2.05) is 0 Å². The zero-order valence-corrected chi connectivity index (χ0v) is 15.7. The standard InChI is InChI=1S/C21H20F2N2O3/c1-11(2)18(25-20(27)15-6-4-5-7-16(15)21(25)28)19(26)24-12(3)14-9-8-13(22)10-17(14)23/h4-12,18H,1-3H3,(H,24,26). The van der Waals surface area contributed by atoms with Crippen LogP contribution in [0.2, 0.25) is 0 Å². The largest absolute Gasteiger partial charge is 0.348 e. The van der Waals surface area contributed by atoms with Crippen molar-refractivity contribution in [1.29, 1.82) is 0 Å². The van der Waals surface area contributed by atoms with Gasteiger partial charge in [-0.15, -0.1) is 0 Å². The lowest BCUT2D eigenvalue weighted by Gasteiger charge is -2.29. The lowest BCUT2D eigenvalue weighted by Crippen LogP contribution is -2.52. The van der Waals surface area contributed by atoms with Gasteiger partial charge in [0.05, 0.1) is 17.2 Å². The number of fused-ring (bicyclic) bond motifs is 1. The van der Waals surface area contributed by atoms with E-state index in [4.69, 9.17) is 0 Å². The van der Waals surface area contributed by atoms with E-state index in [0.29, 0.717) is 0 Å². The summed E-state index contributed by atoms with van der Waals surface area (Å²) in [7, 11) is 0. The highest BCUT2D eigenvalue weighted by molar-refractivity contribution is 6.22. The molecule has 0 aliphatic carbocycles. The smallest absolute Gasteiger partial charge is 0.262 e. The van der Waals surface area contributed by atoms with E-state index < -0.39 is 41.4 Å². The molecule has 2 atom stereocenters. The quantitative estimate of drug-likeness (QED) is 0.801. The van der Waals surface area contributed by atoms with Crippen molar-refractivity contribution in [2.75, 3.05) is 0 Å². The molecule has 2 aromatic rings. The third kappa shape index (κ3) is 3.40. The first-order chi connectivity index (χ1) is 13.2. The topological polar surface area (TPSA) is 66.5 Å². The molecule has 0 radical (unpaired) electrons. The van der Waals surface area contributed by atoms with Gasteiger partial charge in [0.15, 0.2) is 0 Å². The van der Waals surface area contributed by atoms with Crippen molar-refractivity contribution in [1.82, 2.24) is 10.2 Å². The molecule has 3 rings (SSSR count). The van der Waals surface area contributed by atoms with Crippen LogP contribution in [0.3, 0.4) is 0 Å². The fourth-order valence-electron chi connectivity index (χ4n) is 3.41. The Morgan fingerprint density at radius 2 is 1.54 bits per heavy atom. The van der Waals surface area contributed by atoms with Crippen LogP contribution >= 0.6 is 0 Å². The molecule has 1 aliphatic heterocycles. The van der Waals surface area contributed by atoms with Crippen LogP contribution in [0.15, 0.2) is 42.5 Å². The molecule has 0 saturated heterocycles. The fraction of sp³-hybridized carbons (Fsp3) is 0.286. The highest BCUT2D eigenvalue weighted by atomic mass is 19.1. The van der Waals surface area contributed by atoms with Crippen molar-refractivity contribution in [3.63, 3.8) is 0 Å². The number of halogens is 2. The third-order valence-corrected chi connectivity index (χ3v) is 4.79. The predicted octanol–water partition coefficient (Wildman–Crippen LogP) is 3.46.